The number of nitrogens with zero attached hydrogens (tertiary/aromatic N) is 2. The predicted octanol–water partition coefficient (Wildman–Crippen LogP) is 4.26. The quantitative estimate of drug-likeness (QED) is 0.392. The Morgan fingerprint density at radius 1 is 1.07 bits per heavy atom. The van der Waals surface area contributed by atoms with Crippen LogP contribution in [0.25, 0.3) is 6.08 Å². The van der Waals surface area contributed by atoms with Gasteiger partial charge in [0.25, 0.3) is 11.8 Å². The van der Waals surface area contributed by atoms with Gasteiger partial charge >= 0.3 is 0 Å². The lowest BCUT2D eigenvalue weighted by Crippen LogP contribution is -2.39. The summed E-state index contributed by atoms with van der Waals surface area (Å²) in [6.45, 7) is 4.52. The lowest BCUT2D eigenvalue weighted by Gasteiger charge is -2.23. The first kappa shape index (κ1) is 20.4. The van der Waals surface area contributed by atoms with Gasteiger partial charge in [-0.25, -0.2) is 0 Å². The van der Waals surface area contributed by atoms with Crippen LogP contribution in [-0.4, -0.2) is 30.4 Å². The molecule has 0 spiro atoms. The molecule has 1 heterocycles. The molecule has 0 saturated heterocycles. The fourth-order valence-corrected chi connectivity index (χ4v) is 2.92. The molecule has 1 aliphatic rings. The first-order valence-corrected chi connectivity index (χ1v) is 9.37. The summed E-state index contributed by atoms with van der Waals surface area (Å²) < 4.78 is 5.75. The molecule has 2 amide bonds. The van der Waals surface area contributed by atoms with E-state index in [9.17, 15) is 14.9 Å². The molecule has 0 aliphatic carbocycles. The summed E-state index contributed by atoms with van der Waals surface area (Å²) in [7, 11) is 1.39. The largest absolute Gasteiger partial charge is 0.494 e. The number of rotatable bonds is 8. The Kier molecular flexibility index (Phi) is 7.36. The molecule has 2 rings (SSSR count). The van der Waals surface area contributed by atoms with Crippen LogP contribution in [0.2, 0.25) is 0 Å². The van der Waals surface area contributed by atoms with Crippen LogP contribution < -0.4 is 4.74 Å². The molecule has 5 nitrogen and oxygen atoms in total. The Morgan fingerprint density at radius 3 is 2.37 bits per heavy atom. The third-order valence-corrected chi connectivity index (χ3v) is 4.65. The number of ether oxygens (including phenoxy) is 1. The number of hydrogen-bond donors (Lipinski definition) is 0. The Labute approximate surface area is 160 Å². The van der Waals surface area contributed by atoms with E-state index < -0.39 is 11.8 Å². The van der Waals surface area contributed by atoms with E-state index in [1.54, 1.807) is 13.0 Å². The third-order valence-electron chi connectivity index (χ3n) is 4.65. The van der Waals surface area contributed by atoms with E-state index in [0.29, 0.717) is 17.8 Å². The fraction of sp³-hybridized carbons (Fsp3) is 0.409. The van der Waals surface area contributed by atoms with Gasteiger partial charge in [0.05, 0.1) is 6.61 Å². The minimum absolute atomic E-state index is 0.00590. The lowest BCUT2D eigenvalue weighted by atomic mass is 9.94. The molecule has 5 heteroatoms. The highest BCUT2D eigenvalue weighted by molar-refractivity contribution is 6.19. The molecule has 142 valence electrons. The number of hydrogen-bond acceptors (Lipinski definition) is 4. The molecular formula is C22H26N2O3. The normalized spacial score (nSPS) is 16.1. The van der Waals surface area contributed by atoms with Crippen molar-refractivity contribution in [3.8, 4) is 11.8 Å². The number of carbonyl (C=O) groups is 2. The van der Waals surface area contributed by atoms with E-state index in [4.69, 9.17) is 4.74 Å². The molecule has 1 aliphatic heterocycles. The molecule has 0 unspecified atom stereocenters. The highest BCUT2D eigenvalue weighted by atomic mass is 16.5. The van der Waals surface area contributed by atoms with Crippen molar-refractivity contribution in [3.63, 3.8) is 0 Å². The van der Waals surface area contributed by atoms with Gasteiger partial charge in [0, 0.05) is 12.6 Å². The summed E-state index contributed by atoms with van der Waals surface area (Å²) in [5.74, 6) is -0.163. The van der Waals surface area contributed by atoms with Crippen LogP contribution >= 0.6 is 0 Å². The van der Waals surface area contributed by atoms with Gasteiger partial charge in [0.15, 0.2) is 0 Å². The smallest absolute Gasteiger partial charge is 0.271 e. The summed E-state index contributed by atoms with van der Waals surface area (Å²) in [5.41, 5.74) is 1.59. The molecule has 0 radical (unpaired) electrons. The zero-order chi connectivity index (χ0) is 19.8. The van der Waals surface area contributed by atoms with Crippen LogP contribution in [0.5, 0.6) is 5.75 Å². The number of amides is 2. The van der Waals surface area contributed by atoms with Crippen molar-refractivity contribution < 1.29 is 14.3 Å². The van der Waals surface area contributed by atoms with Crippen LogP contribution in [0.1, 0.15) is 51.5 Å². The van der Waals surface area contributed by atoms with E-state index in [1.165, 1.54) is 32.7 Å². The summed E-state index contributed by atoms with van der Waals surface area (Å²) in [6, 6.07) is 9.35. The predicted molar refractivity (Wildman–Crippen MR) is 105 cm³/mol. The fourth-order valence-electron chi connectivity index (χ4n) is 2.92. The van der Waals surface area contributed by atoms with Crippen molar-refractivity contribution in [2.45, 2.75) is 46.0 Å². The molecule has 0 saturated carbocycles. The average molecular weight is 366 g/mol. The SMILES string of the molecule is CCCCCCCOc1ccc(/C=C2/C(=O)N(C)C(=O)C(C#N)=C2C)cc1. The van der Waals surface area contributed by atoms with Gasteiger partial charge in [-0.1, -0.05) is 44.7 Å². The average Bonchev–Trinajstić information content (AvgIpc) is 2.68. The number of likely N-dealkylation sites (N-methyl/N-ethyl adjacent to an activating group) is 1. The highest BCUT2D eigenvalue weighted by Gasteiger charge is 2.32. The van der Waals surface area contributed by atoms with Crippen molar-refractivity contribution in [1.82, 2.24) is 4.90 Å². The topological polar surface area (TPSA) is 70.4 Å². The maximum absolute atomic E-state index is 12.4. The van der Waals surface area contributed by atoms with Gasteiger partial charge in [-0.15, -0.1) is 0 Å². The van der Waals surface area contributed by atoms with Crippen molar-refractivity contribution in [1.29, 1.82) is 5.26 Å². The van der Waals surface area contributed by atoms with Crippen LogP contribution in [-0.2, 0) is 9.59 Å². The molecule has 0 aromatic heterocycles. The molecule has 1 aromatic rings. The van der Waals surface area contributed by atoms with Gasteiger partial charge in [0.2, 0.25) is 0 Å². The molecular weight excluding hydrogens is 340 g/mol. The number of unbranched alkanes of at least 4 members (excludes halogenated alkanes) is 4. The van der Waals surface area contributed by atoms with E-state index in [-0.39, 0.29) is 5.57 Å². The second-order valence-electron chi connectivity index (χ2n) is 6.67. The van der Waals surface area contributed by atoms with Crippen LogP contribution in [0.4, 0.5) is 0 Å². The van der Waals surface area contributed by atoms with Crippen LogP contribution in [0, 0.1) is 11.3 Å². The van der Waals surface area contributed by atoms with Gasteiger partial charge < -0.3 is 4.74 Å². The highest BCUT2D eigenvalue weighted by Crippen LogP contribution is 2.26. The van der Waals surface area contributed by atoms with Crippen LogP contribution in [0.15, 0.2) is 41.0 Å². The molecule has 0 fully saturated rings. The first-order chi connectivity index (χ1) is 13.0. The minimum Gasteiger partial charge on any atom is -0.494 e. The second-order valence-corrected chi connectivity index (χ2v) is 6.67. The van der Waals surface area contributed by atoms with Crippen molar-refractivity contribution in [2.24, 2.45) is 0 Å². The minimum atomic E-state index is -0.556. The molecule has 0 N–H and O–H groups in total. The summed E-state index contributed by atoms with van der Waals surface area (Å²) in [6.07, 6.45) is 7.67. The van der Waals surface area contributed by atoms with E-state index >= 15 is 0 Å². The maximum atomic E-state index is 12.4. The van der Waals surface area contributed by atoms with Gasteiger partial charge in [0.1, 0.15) is 17.4 Å². The molecule has 0 bridgehead atoms. The van der Waals surface area contributed by atoms with Gasteiger partial charge in [-0.3, -0.25) is 14.5 Å². The summed E-state index contributed by atoms with van der Waals surface area (Å²) in [4.78, 5) is 25.4. The number of nitriles is 1. The lowest BCUT2D eigenvalue weighted by molar-refractivity contribution is -0.138. The number of benzene rings is 1. The van der Waals surface area contributed by atoms with Gasteiger partial charge in [-0.2, -0.15) is 5.26 Å². The Hall–Kier alpha value is -2.87. The summed E-state index contributed by atoms with van der Waals surface area (Å²) >= 11 is 0. The second kappa shape index (κ2) is 9.72. The Bertz CT molecular complexity index is 798. The monoisotopic (exact) mass is 366 g/mol. The van der Waals surface area contributed by atoms with Crippen LogP contribution in [0.3, 0.4) is 0 Å². The summed E-state index contributed by atoms with van der Waals surface area (Å²) in [5, 5.41) is 9.20. The van der Waals surface area contributed by atoms with E-state index in [1.807, 2.05) is 30.3 Å². The van der Waals surface area contributed by atoms with Crippen molar-refractivity contribution in [3.05, 3.63) is 46.5 Å². The van der Waals surface area contributed by atoms with E-state index in [0.717, 1.165) is 22.6 Å². The van der Waals surface area contributed by atoms with Gasteiger partial charge in [-0.05, 0) is 42.7 Å². The standard InChI is InChI=1S/C22H26N2O3/c1-4-5-6-7-8-13-27-18-11-9-17(10-12-18)14-19-16(2)20(15-23)22(26)24(3)21(19)25/h9-12,14H,4-8,13H2,1-3H3/b19-14+. The number of carbonyl (C=O) groups excluding carboxylic acids is 2. The third kappa shape index (κ3) is 5.07. The zero-order valence-electron chi connectivity index (χ0n) is 16.2. The zero-order valence-corrected chi connectivity index (χ0v) is 16.2. The maximum Gasteiger partial charge on any atom is 0.271 e. The number of imide groups is 1. The molecule has 0 atom stereocenters. The first-order valence-electron chi connectivity index (χ1n) is 9.37. The van der Waals surface area contributed by atoms with Crippen molar-refractivity contribution in [2.75, 3.05) is 13.7 Å². The Morgan fingerprint density at radius 2 is 1.74 bits per heavy atom. The van der Waals surface area contributed by atoms with E-state index in [2.05, 4.69) is 6.92 Å². The van der Waals surface area contributed by atoms with Crippen molar-refractivity contribution >= 4 is 17.9 Å². The molecule has 27 heavy (non-hydrogen) atoms. The Balaban J connectivity index is 2.06. The molecule has 1 aromatic carbocycles.